The second-order valence-corrected chi connectivity index (χ2v) is 4.15. The number of carbonyl (C=O) groups excluding carboxylic acids is 1. The maximum atomic E-state index is 12.2. The van der Waals surface area contributed by atoms with Crippen molar-refractivity contribution >= 4 is 5.78 Å². The third-order valence-corrected chi connectivity index (χ3v) is 2.75. The largest absolute Gasteiger partial charge is 0.369 e. The van der Waals surface area contributed by atoms with Crippen molar-refractivity contribution in [3.63, 3.8) is 0 Å². The third kappa shape index (κ3) is 2.84. The number of hydrogen-bond donors (Lipinski definition) is 0. The van der Waals surface area contributed by atoms with Crippen LogP contribution in [-0.4, -0.2) is 22.7 Å². The summed E-state index contributed by atoms with van der Waals surface area (Å²) in [5.74, 6) is 0.0161. The van der Waals surface area contributed by atoms with Crippen molar-refractivity contribution in [2.45, 2.75) is 12.5 Å². The van der Waals surface area contributed by atoms with Crippen LogP contribution >= 0.6 is 0 Å². The maximum absolute atomic E-state index is 12.2. The molecule has 2 aromatic rings. The summed E-state index contributed by atoms with van der Waals surface area (Å²) in [6, 6.07) is 11.3. The highest BCUT2D eigenvalue weighted by Crippen LogP contribution is 2.18. The maximum Gasteiger partial charge on any atom is 0.172 e. The molecule has 0 amide bonds. The molecule has 2 rings (SSSR count). The fraction of sp³-hybridized carbons (Fsp3) is 0.286. The second-order valence-electron chi connectivity index (χ2n) is 4.15. The quantitative estimate of drug-likeness (QED) is 0.807. The lowest BCUT2D eigenvalue weighted by molar-refractivity contribution is -0.128. The summed E-state index contributed by atoms with van der Waals surface area (Å²) in [5, 5.41) is 4.20. The molecule has 0 saturated heterocycles. The summed E-state index contributed by atoms with van der Waals surface area (Å²) in [6.07, 6.45) is 1.59. The van der Waals surface area contributed by atoms with Gasteiger partial charge in [0.25, 0.3) is 0 Å². The van der Waals surface area contributed by atoms with Crippen molar-refractivity contribution in [2.24, 2.45) is 7.05 Å². The van der Waals surface area contributed by atoms with Crippen molar-refractivity contribution in [3.8, 4) is 0 Å². The van der Waals surface area contributed by atoms with Gasteiger partial charge in [0.2, 0.25) is 0 Å². The van der Waals surface area contributed by atoms with Gasteiger partial charge >= 0.3 is 0 Å². The van der Waals surface area contributed by atoms with Gasteiger partial charge in [-0.1, -0.05) is 30.3 Å². The molecule has 0 bridgehead atoms. The van der Waals surface area contributed by atoms with Gasteiger partial charge in [-0.05, 0) is 11.6 Å². The SMILES string of the molecule is COC(C(=O)Cc1ccn(C)n1)c1ccccc1. The molecule has 0 saturated carbocycles. The van der Waals surface area contributed by atoms with E-state index < -0.39 is 6.10 Å². The predicted molar refractivity (Wildman–Crippen MR) is 68.1 cm³/mol. The van der Waals surface area contributed by atoms with Crippen LogP contribution < -0.4 is 0 Å². The minimum absolute atomic E-state index is 0.0161. The average Bonchev–Trinajstić information content (AvgIpc) is 2.77. The first-order valence-corrected chi connectivity index (χ1v) is 5.79. The van der Waals surface area contributed by atoms with Gasteiger partial charge in [0.15, 0.2) is 5.78 Å². The summed E-state index contributed by atoms with van der Waals surface area (Å²) in [4.78, 5) is 12.2. The van der Waals surface area contributed by atoms with Crippen LogP contribution in [0.5, 0.6) is 0 Å². The molecule has 4 heteroatoms. The molecule has 0 N–H and O–H groups in total. The van der Waals surface area contributed by atoms with E-state index in [0.29, 0.717) is 0 Å². The number of benzene rings is 1. The topological polar surface area (TPSA) is 44.1 Å². The molecule has 1 atom stereocenters. The lowest BCUT2D eigenvalue weighted by Gasteiger charge is -2.13. The predicted octanol–water partition coefficient (Wildman–Crippen LogP) is 1.92. The molecule has 1 unspecified atom stereocenters. The van der Waals surface area contributed by atoms with Crippen molar-refractivity contribution < 1.29 is 9.53 Å². The molecular weight excluding hydrogens is 228 g/mol. The number of ether oxygens (including phenoxy) is 1. The monoisotopic (exact) mass is 244 g/mol. The standard InChI is InChI=1S/C14H16N2O2/c1-16-9-8-12(15-16)10-13(17)14(18-2)11-6-4-3-5-7-11/h3-9,14H,10H2,1-2H3. The third-order valence-electron chi connectivity index (χ3n) is 2.75. The van der Waals surface area contributed by atoms with Gasteiger partial charge in [-0.3, -0.25) is 9.48 Å². The minimum atomic E-state index is -0.520. The lowest BCUT2D eigenvalue weighted by atomic mass is 10.0. The van der Waals surface area contributed by atoms with E-state index in [1.54, 1.807) is 11.8 Å². The summed E-state index contributed by atoms with van der Waals surface area (Å²) >= 11 is 0. The van der Waals surface area contributed by atoms with Gasteiger partial charge in [0.05, 0.1) is 12.1 Å². The summed E-state index contributed by atoms with van der Waals surface area (Å²) in [5.41, 5.74) is 1.64. The Morgan fingerprint density at radius 3 is 2.61 bits per heavy atom. The van der Waals surface area contributed by atoms with E-state index in [9.17, 15) is 4.79 Å². The Balaban J connectivity index is 2.11. The molecule has 0 spiro atoms. The fourth-order valence-electron chi connectivity index (χ4n) is 1.91. The van der Waals surface area contributed by atoms with Crippen molar-refractivity contribution in [1.82, 2.24) is 9.78 Å². The van der Waals surface area contributed by atoms with Crippen LogP contribution in [0.2, 0.25) is 0 Å². The smallest absolute Gasteiger partial charge is 0.172 e. The van der Waals surface area contributed by atoms with E-state index >= 15 is 0 Å². The van der Waals surface area contributed by atoms with Crippen molar-refractivity contribution in [3.05, 3.63) is 53.9 Å². The Morgan fingerprint density at radius 1 is 1.33 bits per heavy atom. The second kappa shape index (κ2) is 5.60. The zero-order chi connectivity index (χ0) is 13.0. The Hall–Kier alpha value is -1.94. The fourth-order valence-corrected chi connectivity index (χ4v) is 1.91. The number of aryl methyl sites for hydroxylation is 1. The first-order valence-electron chi connectivity index (χ1n) is 5.79. The summed E-state index contributed by atoms with van der Waals surface area (Å²) < 4.78 is 6.98. The zero-order valence-electron chi connectivity index (χ0n) is 10.5. The summed E-state index contributed by atoms with van der Waals surface area (Å²) in [7, 11) is 3.38. The molecule has 1 aromatic heterocycles. The number of hydrogen-bond acceptors (Lipinski definition) is 3. The highest BCUT2D eigenvalue weighted by atomic mass is 16.5. The first-order chi connectivity index (χ1) is 8.70. The van der Waals surface area contributed by atoms with Crippen LogP contribution in [-0.2, 0) is 23.0 Å². The normalized spacial score (nSPS) is 12.3. The average molecular weight is 244 g/mol. The van der Waals surface area contributed by atoms with Crippen LogP contribution in [0.3, 0.4) is 0 Å². The molecule has 4 nitrogen and oxygen atoms in total. The number of methoxy groups -OCH3 is 1. The van der Waals surface area contributed by atoms with E-state index in [1.165, 1.54) is 0 Å². The van der Waals surface area contributed by atoms with E-state index in [1.807, 2.05) is 49.6 Å². The number of nitrogens with zero attached hydrogens (tertiary/aromatic N) is 2. The molecule has 1 aromatic carbocycles. The van der Waals surface area contributed by atoms with E-state index in [0.717, 1.165) is 11.3 Å². The first kappa shape index (κ1) is 12.5. The van der Waals surface area contributed by atoms with Crippen molar-refractivity contribution in [2.75, 3.05) is 7.11 Å². The Bertz CT molecular complexity index is 520. The van der Waals surface area contributed by atoms with Gasteiger partial charge in [0.1, 0.15) is 6.10 Å². The van der Waals surface area contributed by atoms with Gasteiger partial charge in [-0.25, -0.2) is 0 Å². The molecular formula is C14H16N2O2. The Kier molecular flexibility index (Phi) is 3.89. The van der Waals surface area contributed by atoms with Crippen molar-refractivity contribution in [1.29, 1.82) is 0 Å². The van der Waals surface area contributed by atoms with Gasteiger partial charge in [-0.2, -0.15) is 5.10 Å². The van der Waals surface area contributed by atoms with Crippen LogP contribution in [0, 0.1) is 0 Å². The minimum Gasteiger partial charge on any atom is -0.369 e. The number of Topliss-reactive ketones (excluding diaryl/α,β-unsaturated/α-hetero) is 1. The van der Waals surface area contributed by atoms with Gasteiger partial charge in [0, 0.05) is 20.4 Å². The Morgan fingerprint density at radius 2 is 2.06 bits per heavy atom. The number of carbonyl (C=O) groups is 1. The molecule has 0 aliphatic heterocycles. The molecule has 94 valence electrons. The zero-order valence-corrected chi connectivity index (χ0v) is 10.5. The van der Waals surface area contributed by atoms with Gasteiger partial charge in [-0.15, -0.1) is 0 Å². The van der Waals surface area contributed by atoms with Gasteiger partial charge < -0.3 is 4.74 Å². The van der Waals surface area contributed by atoms with E-state index in [4.69, 9.17) is 4.74 Å². The Labute approximate surface area is 106 Å². The van der Waals surface area contributed by atoms with E-state index in [2.05, 4.69) is 5.10 Å². The summed E-state index contributed by atoms with van der Waals surface area (Å²) in [6.45, 7) is 0. The number of rotatable bonds is 5. The van der Waals surface area contributed by atoms with Crippen LogP contribution in [0.1, 0.15) is 17.4 Å². The van der Waals surface area contributed by atoms with Crippen LogP contribution in [0.4, 0.5) is 0 Å². The molecule has 0 radical (unpaired) electrons. The molecule has 0 aliphatic rings. The van der Waals surface area contributed by atoms with Crippen LogP contribution in [0.25, 0.3) is 0 Å². The molecule has 1 heterocycles. The number of aromatic nitrogens is 2. The van der Waals surface area contributed by atoms with E-state index in [-0.39, 0.29) is 12.2 Å². The molecule has 18 heavy (non-hydrogen) atoms. The highest BCUT2D eigenvalue weighted by Gasteiger charge is 2.20. The molecule has 0 fully saturated rings. The molecule has 0 aliphatic carbocycles. The number of ketones is 1. The van der Waals surface area contributed by atoms with Crippen LogP contribution in [0.15, 0.2) is 42.6 Å². The lowest BCUT2D eigenvalue weighted by Crippen LogP contribution is -2.17. The highest BCUT2D eigenvalue weighted by molar-refractivity contribution is 5.86.